The Balaban J connectivity index is 2.20. The van der Waals surface area contributed by atoms with E-state index in [2.05, 4.69) is 19.9 Å². The first-order valence-corrected chi connectivity index (χ1v) is 10.9. The highest BCUT2D eigenvalue weighted by atomic mass is 32.2. The van der Waals surface area contributed by atoms with Crippen LogP contribution in [0.15, 0.2) is 23.1 Å². The Bertz CT molecular complexity index is 782. The van der Waals surface area contributed by atoms with E-state index >= 15 is 0 Å². The van der Waals surface area contributed by atoms with Crippen molar-refractivity contribution in [2.75, 3.05) is 19.9 Å². The quantitative estimate of drug-likeness (QED) is 0.556. The first kappa shape index (κ1) is 21.5. The maximum Gasteiger partial charge on any atom is 0.243 e. The van der Waals surface area contributed by atoms with Crippen molar-refractivity contribution in [3.8, 4) is 17.6 Å². The normalized spacial score (nSPS) is 14.0. The van der Waals surface area contributed by atoms with Crippen molar-refractivity contribution in [2.45, 2.75) is 58.3 Å². The third-order valence-electron chi connectivity index (χ3n) is 4.55. The lowest BCUT2D eigenvalue weighted by atomic mass is 9.86. The van der Waals surface area contributed by atoms with Crippen LogP contribution >= 0.6 is 0 Å². The van der Waals surface area contributed by atoms with Gasteiger partial charge in [0.15, 0.2) is 11.5 Å². The lowest BCUT2D eigenvalue weighted by Crippen LogP contribution is -2.41. The molecular weight excluding hydrogens is 364 g/mol. The van der Waals surface area contributed by atoms with Crippen molar-refractivity contribution in [2.24, 2.45) is 11.3 Å². The number of hydrogen-bond donors (Lipinski definition) is 0. The highest BCUT2D eigenvalue weighted by Gasteiger charge is 2.32. The van der Waals surface area contributed by atoms with Gasteiger partial charge in [0.05, 0.1) is 11.0 Å². The highest BCUT2D eigenvalue weighted by Crippen LogP contribution is 2.35. The van der Waals surface area contributed by atoms with Gasteiger partial charge < -0.3 is 9.47 Å². The lowest BCUT2D eigenvalue weighted by Gasteiger charge is -2.33. The molecule has 1 aliphatic rings. The van der Waals surface area contributed by atoms with E-state index in [-0.39, 0.29) is 23.0 Å². The van der Waals surface area contributed by atoms with Crippen LogP contribution < -0.4 is 9.47 Å². The topological polar surface area (TPSA) is 79.6 Å². The monoisotopic (exact) mass is 394 g/mol. The molecule has 27 heavy (non-hydrogen) atoms. The Morgan fingerprint density at radius 1 is 1.22 bits per heavy atom. The van der Waals surface area contributed by atoms with E-state index in [1.807, 2.05) is 13.8 Å². The van der Waals surface area contributed by atoms with Gasteiger partial charge in [-0.2, -0.15) is 9.57 Å². The van der Waals surface area contributed by atoms with Gasteiger partial charge in [-0.05, 0) is 36.3 Å². The van der Waals surface area contributed by atoms with Gasteiger partial charge in [-0.25, -0.2) is 8.42 Å². The van der Waals surface area contributed by atoms with E-state index in [1.165, 1.54) is 0 Å². The molecular formula is C20H30N2O4S. The summed E-state index contributed by atoms with van der Waals surface area (Å²) in [5, 5.41) is 8.68. The number of nitrogens with zero attached hydrogens (tertiary/aromatic N) is 2. The predicted molar refractivity (Wildman–Crippen MR) is 104 cm³/mol. The number of sulfonamides is 1. The number of ether oxygens (including phenoxy) is 2. The SMILES string of the molecule is CC(C)CN(CC(C)(C)CCCCC#N)S(=O)(=O)c1ccc2c(c1)OCO2. The van der Waals surface area contributed by atoms with Crippen LogP contribution in [-0.4, -0.2) is 32.6 Å². The molecule has 0 saturated heterocycles. The molecule has 2 rings (SSSR count). The number of unbranched alkanes of at least 4 members (excludes halogenated alkanes) is 2. The molecule has 0 amide bonds. The van der Waals surface area contributed by atoms with E-state index in [4.69, 9.17) is 14.7 Å². The van der Waals surface area contributed by atoms with Gasteiger partial charge in [-0.3, -0.25) is 0 Å². The minimum absolute atomic E-state index is 0.115. The predicted octanol–water partition coefficient (Wildman–Crippen LogP) is 4.17. The summed E-state index contributed by atoms with van der Waals surface area (Å²) in [6, 6.07) is 6.93. The summed E-state index contributed by atoms with van der Waals surface area (Å²) in [5.41, 5.74) is -0.173. The minimum Gasteiger partial charge on any atom is -0.454 e. The van der Waals surface area contributed by atoms with Gasteiger partial charge in [0.25, 0.3) is 0 Å². The zero-order valence-corrected chi connectivity index (χ0v) is 17.5. The van der Waals surface area contributed by atoms with E-state index in [0.717, 1.165) is 19.3 Å². The summed E-state index contributed by atoms with van der Waals surface area (Å²) in [6.45, 7) is 9.21. The van der Waals surface area contributed by atoms with E-state index in [9.17, 15) is 8.42 Å². The third kappa shape index (κ3) is 5.85. The van der Waals surface area contributed by atoms with E-state index in [0.29, 0.717) is 31.0 Å². The average Bonchev–Trinajstić information content (AvgIpc) is 3.05. The van der Waals surface area contributed by atoms with Crippen molar-refractivity contribution < 1.29 is 17.9 Å². The standard InChI is InChI=1S/C20H30N2O4S/c1-16(2)13-22(14-20(3,4)10-6-5-7-11-21)27(23,24)17-8-9-18-19(12-17)26-15-25-18/h8-9,12,16H,5-7,10,13-15H2,1-4H3. The van der Waals surface area contributed by atoms with Crippen molar-refractivity contribution in [3.63, 3.8) is 0 Å². The summed E-state index contributed by atoms with van der Waals surface area (Å²) in [4.78, 5) is 0.229. The fraction of sp³-hybridized carbons (Fsp3) is 0.650. The molecule has 0 atom stereocenters. The molecule has 1 aliphatic heterocycles. The molecule has 1 aromatic carbocycles. The molecule has 0 N–H and O–H groups in total. The molecule has 7 heteroatoms. The molecule has 0 fully saturated rings. The first-order chi connectivity index (χ1) is 12.7. The molecule has 0 bridgehead atoms. The molecule has 1 heterocycles. The van der Waals surface area contributed by atoms with Crippen LogP contribution in [0, 0.1) is 22.7 Å². The zero-order valence-electron chi connectivity index (χ0n) is 16.7. The Kier molecular flexibility index (Phi) is 7.12. The first-order valence-electron chi connectivity index (χ1n) is 9.42. The summed E-state index contributed by atoms with van der Waals surface area (Å²) < 4.78 is 38.8. The fourth-order valence-electron chi connectivity index (χ4n) is 3.21. The van der Waals surface area contributed by atoms with E-state index in [1.54, 1.807) is 22.5 Å². The summed E-state index contributed by atoms with van der Waals surface area (Å²) in [6.07, 6.45) is 3.18. The number of rotatable bonds is 10. The van der Waals surface area contributed by atoms with Gasteiger partial charge in [0, 0.05) is 25.6 Å². The van der Waals surface area contributed by atoms with Crippen LogP contribution in [-0.2, 0) is 10.0 Å². The Labute approximate surface area is 163 Å². The smallest absolute Gasteiger partial charge is 0.243 e. The van der Waals surface area contributed by atoms with Crippen LogP contribution in [0.3, 0.4) is 0 Å². The van der Waals surface area contributed by atoms with Gasteiger partial charge in [-0.15, -0.1) is 0 Å². The fourth-order valence-corrected chi connectivity index (χ4v) is 5.01. The largest absolute Gasteiger partial charge is 0.454 e. The molecule has 150 valence electrons. The number of nitriles is 1. The molecule has 0 unspecified atom stereocenters. The number of hydrogen-bond acceptors (Lipinski definition) is 5. The van der Waals surface area contributed by atoms with Crippen LogP contribution in [0.2, 0.25) is 0 Å². The second-order valence-electron chi connectivity index (χ2n) is 8.24. The molecule has 6 nitrogen and oxygen atoms in total. The van der Waals surface area contributed by atoms with Crippen molar-refractivity contribution in [1.82, 2.24) is 4.31 Å². The van der Waals surface area contributed by atoms with Gasteiger partial charge in [0.1, 0.15) is 0 Å². The highest BCUT2D eigenvalue weighted by molar-refractivity contribution is 7.89. The van der Waals surface area contributed by atoms with Crippen molar-refractivity contribution >= 4 is 10.0 Å². The van der Waals surface area contributed by atoms with Crippen LogP contribution in [0.25, 0.3) is 0 Å². The Morgan fingerprint density at radius 3 is 2.59 bits per heavy atom. The van der Waals surface area contributed by atoms with Crippen molar-refractivity contribution in [1.29, 1.82) is 5.26 Å². The molecule has 1 aromatic rings. The van der Waals surface area contributed by atoms with Crippen LogP contribution in [0.1, 0.15) is 53.4 Å². The van der Waals surface area contributed by atoms with Crippen molar-refractivity contribution in [3.05, 3.63) is 18.2 Å². The Hall–Kier alpha value is -1.78. The minimum atomic E-state index is -3.64. The summed E-state index contributed by atoms with van der Waals surface area (Å²) in [5.74, 6) is 1.25. The zero-order chi connectivity index (χ0) is 20.1. The molecule has 0 radical (unpaired) electrons. The van der Waals surface area contributed by atoms with E-state index < -0.39 is 10.0 Å². The molecule has 0 saturated carbocycles. The van der Waals surface area contributed by atoms with Gasteiger partial charge >= 0.3 is 0 Å². The summed E-state index contributed by atoms with van der Waals surface area (Å²) in [7, 11) is -3.64. The van der Waals surface area contributed by atoms with Gasteiger partial charge in [0.2, 0.25) is 16.8 Å². The lowest BCUT2D eigenvalue weighted by molar-refractivity contribution is 0.174. The molecule has 0 aromatic heterocycles. The number of fused-ring (bicyclic) bond motifs is 1. The van der Waals surface area contributed by atoms with Crippen LogP contribution in [0.4, 0.5) is 0 Å². The third-order valence-corrected chi connectivity index (χ3v) is 6.35. The molecule has 0 aliphatic carbocycles. The second-order valence-corrected chi connectivity index (χ2v) is 10.2. The van der Waals surface area contributed by atoms with Gasteiger partial charge in [-0.1, -0.05) is 34.1 Å². The Morgan fingerprint density at radius 2 is 1.93 bits per heavy atom. The maximum absolute atomic E-state index is 13.3. The molecule has 0 spiro atoms. The maximum atomic E-state index is 13.3. The average molecular weight is 395 g/mol. The number of benzene rings is 1. The summed E-state index contributed by atoms with van der Waals surface area (Å²) >= 11 is 0. The van der Waals surface area contributed by atoms with Crippen LogP contribution in [0.5, 0.6) is 11.5 Å². The second kappa shape index (κ2) is 8.94.